The van der Waals surface area contributed by atoms with Crippen molar-refractivity contribution < 1.29 is 17.2 Å². The van der Waals surface area contributed by atoms with Gasteiger partial charge in [0.25, 0.3) is 10.0 Å². The molecule has 0 aromatic heterocycles. The van der Waals surface area contributed by atoms with E-state index in [4.69, 9.17) is 17.1 Å². The second kappa shape index (κ2) is 8.35. The molecule has 0 N–H and O–H groups in total. The van der Waals surface area contributed by atoms with Crippen LogP contribution in [-0.2, 0) is 10.0 Å². The van der Waals surface area contributed by atoms with Gasteiger partial charge in [0.1, 0.15) is 11.6 Å². The summed E-state index contributed by atoms with van der Waals surface area (Å²) in [5, 5.41) is 3.70. The van der Waals surface area contributed by atoms with Crippen LogP contribution in [0.3, 0.4) is 0 Å². The smallest absolute Gasteiger partial charge is 0.260 e. The normalized spacial score (nSPS) is 12.3. The van der Waals surface area contributed by atoms with E-state index in [2.05, 4.69) is 10.0 Å². The molecule has 2 rings (SSSR count). The zero-order chi connectivity index (χ0) is 19.3. The van der Waals surface area contributed by atoms with Gasteiger partial charge < -0.3 is 0 Å². The van der Waals surface area contributed by atoms with Crippen molar-refractivity contribution in [2.45, 2.75) is 24.3 Å². The third-order valence-electron chi connectivity index (χ3n) is 3.63. The Kier molecular flexibility index (Phi) is 6.42. The van der Waals surface area contributed by atoms with Gasteiger partial charge in [0.2, 0.25) is 0 Å². The van der Waals surface area contributed by atoms with Gasteiger partial charge in [-0.3, -0.25) is 4.31 Å². The van der Waals surface area contributed by atoms with Gasteiger partial charge in [-0.1, -0.05) is 16.7 Å². The second-order valence-corrected chi connectivity index (χ2v) is 7.69. The van der Waals surface area contributed by atoms with Gasteiger partial charge in [-0.2, -0.15) is 0 Å². The maximum Gasteiger partial charge on any atom is 0.264 e. The third kappa shape index (κ3) is 4.43. The Morgan fingerprint density at radius 2 is 1.88 bits per heavy atom. The van der Waals surface area contributed by atoms with Crippen LogP contribution in [0.25, 0.3) is 10.4 Å². The molecule has 0 saturated heterocycles. The molecule has 0 amide bonds. The minimum absolute atomic E-state index is 0.00123. The van der Waals surface area contributed by atoms with Gasteiger partial charge >= 0.3 is 0 Å². The summed E-state index contributed by atoms with van der Waals surface area (Å²) in [6, 6.07) is 7.11. The number of halogens is 3. The van der Waals surface area contributed by atoms with E-state index in [1.54, 1.807) is 0 Å². The van der Waals surface area contributed by atoms with Crippen LogP contribution in [0.2, 0.25) is 5.02 Å². The molecule has 6 nitrogen and oxygen atoms in total. The quantitative estimate of drug-likeness (QED) is 0.376. The molecule has 138 valence electrons. The number of azide groups is 1. The highest BCUT2D eigenvalue weighted by atomic mass is 35.5. The summed E-state index contributed by atoms with van der Waals surface area (Å²) >= 11 is 5.79. The molecule has 0 aliphatic heterocycles. The highest BCUT2D eigenvalue weighted by Crippen LogP contribution is 2.30. The van der Waals surface area contributed by atoms with E-state index < -0.39 is 33.4 Å². The van der Waals surface area contributed by atoms with Crippen LogP contribution in [0.1, 0.15) is 13.3 Å². The molecule has 0 fully saturated rings. The zero-order valence-electron chi connectivity index (χ0n) is 13.7. The first-order valence-electron chi connectivity index (χ1n) is 7.53. The SMILES string of the molecule is C[C@H](CCN=[N+]=[N-])N(c1cc(F)ccc1F)S(=O)(=O)c1ccc(Cl)cc1. The topological polar surface area (TPSA) is 86.1 Å². The molecular weight excluding hydrogens is 386 g/mol. The van der Waals surface area contributed by atoms with Crippen molar-refractivity contribution in [2.75, 3.05) is 10.8 Å². The Balaban J connectivity index is 2.57. The number of rotatable bonds is 7. The van der Waals surface area contributed by atoms with E-state index >= 15 is 0 Å². The molecule has 2 aromatic rings. The summed E-state index contributed by atoms with van der Waals surface area (Å²) in [5.74, 6) is -1.67. The molecule has 26 heavy (non-hydrogen) atoms. The zero-order valence-corrected chi connectivity index (χ0v) is 15.3. The second-order valence-electron chi connectivity index (χ2n) is 5.44. The Labute approximate surface area is 154 Å². The Hall–Kier alpha value is -2.35. The fourth-order valence-electron chi connectivity index (χ4n) is 2.39. The van der Waals surface area contributed by atoms with E-state index in [1.807, 2.05) is 0 Å². The van der Waals surface area contributed by atoms with Crippen LogP contribution < -0.4 is 4.31 Å². The molecule has 0 spiro atoms. The number of anilines is 1. The van der Waals surface area contributed by atoms with Crippen molar-refractivity contribution in [2.24, 2.45) is 5.11 Å². The fraction of sp³-hybridized carbons (Fsp3) is 0.250. The van der Waals surface area contributed by atoms with E-state index in [-0.39, 0.29) is 17.9 Å². The summed E-state index contributed by atoms with van der Waals surface area (Å²) in [4.78, 5) is 2.49. The monoisotopic (exact) mass is 400 g/mol. The fourth-order valence-corrected chi connectivity index (χ4v) is 4.20. The lowest BCUT2D eigenvalue weighted by atomic mass is 10.2. The molecule has 0 saturated carbocycles. The lowest BCUT2D eigenvalue weighted by Crippen LogP contribution is -2.39. The number of hydrogen-bond acceptors (Lipinski definition) is 3. The van der Waals surface area contributed by atoms with Crippen molar-refractivity contribution in [3.05, 3.63) is 69.6 Å². The number of benzene rings is 2. The molecule has 0 unspecified atom stereocenters. The van der Waals surface area contributed by atoms with Crippen molar-refractivity contribution in [3.8, 4) is 0 Å². The van der Waals surface area contributed by atoms with Crippen LogP contribution in [0.5, 0.6) is 0 Å². The van der Waals surface area contributed by atoms with E-state index in [0.717, 1.165) is 22.5 Å². The molecule has 0 aliphatic carbocycles. The number of hydrogen-bond donors (Lipinski definition) is 0. The molecule has 0 radical (unpaired) electrons. The lowest BCUT2D eigenvalue weighted by Gasteiger charge is -2.30. The van der Waals surface area contributed by atoms with Gasteiger partial charge in [-0.05, 0) is 55.3 Å². The Bertz CT molecular complexity index is 932. The van der Waals surface area contributed by atoms with Crippen molar-refractivity contribution in [3.63, 3.8) is 0 Å². The highest BCUT2D eigenvalue weighted by Gasteiger charge is 2.31. The molecule has 2 aromatic carbocycles. The van der Waals surface area contributed by atoms with Gasteiger partial charge in [0.15, 0.2) is 0 Å². The van der Waals surface area contributed by atoms with Crippen molar-refractivity contribution in [1.29, 1.82) is 0 Å². The van der Waals surface area contributed by atoms with Crippen LogP contribution in [0.15, 0.2) is 52.5 Å². The molecule has 0 bridgehead atoms. The molecular formula is C16H15ClF2N4O2S. The van der Waals surface area contributed by atoms with Crippen LogP contribution in [0.4, 0.5) is 14.5 Å². The molecule has 1 atom stereocenters. The number of sulfonamides is 1. The average Bonchev–Trinajstić information content (AvgIpc) is 2.58. The average molecular weight is 401 g/mol. The van der Waals surface area contributed by atoms with Crippen LogP contribution >= 0.6 is 11.6 Å². The van der Waals surface area contributed by atoms with E-state index in [1.165, 1.54) is 31.2 Å². The standard InChI is InChI=1S/C16H15ClF2N4O2S/c1-11(8-9-21-22-20)23(16-10-13(18)4-7-15(16)19)26(24,25)14-5-2-12(17)3-6-14/h2-7,10-11H,8-9H2,1H3/t11-/m1/s1. The van der Waals surface area contributed by atoms with Gasteiger partial charge in [0.05, 0.1) is 10.6 Å². The third-order valence-corrected chi connectivity index (χ3v) is 5.82. The maximum atomic E-state index is 14.3. The lowest BCUT2D eigenvalue weighted by molar-refractivity contribution is 0.559. The predicted octanol–water partition coefficient (Wildman–Crippen LogP) is 4.90. The van der Waals surface area contributed by atoms with E-state index in [0.29, 0.717) is 5.02 Å². The van der Waals surface area contributed by atoms with Gasteiger partial charge in [-0.25, -0.2) is 17.2 Å². The summed E-state index contributed by atoms with van der Waals surface area (Å²) in [6.07, 6.45) is 0.118. The largest absolute Gasteiger partial charge is 0.264 e. The highest BCUT2D eigenvalue weighted by molar-refractivity contribution is 7.92. The summed E-state index contributed by atoms with van der Waals surface area (Å²) in [6.45, 7) is 1.52. The van der Waals surface area contributed by atoms with Crippen molar-refractivity contribution >= 4 is 27.3 Å². The maximum absolute atomic E-state index is 14.3. The summed E-state index contributed by atoms with van der Waals surface area (Å²) in [7, 11) is -4.21. The van der Waals surface area contributed by atoms with Crippen LogP contribution in [-0.4, -0.2) is 21.0 Å². The molecule has 0 aliphatic rings. The predicted molar refractivity (Wildman–Crippen MR) is 95.6 cm³/mol. The summed E-state index contributed by atoms with van der Waals surface area (Å²) in [5.41, 5.74) is 7.96. The first kappa shape index (κ1) is 20.0. The van der Waals surface area contributed by atoms with Crippen LogP contribution in [0, 0.1) is 11.6 Å². The first-order valence-corrected chi connectivity index (χ1v) is 9.35. The van der Waals surface area contributed by atoms with Gasteiger partial charge in [0, 0.05) is 28.6 Å². The first-order chi connectivity index (χ1) is 12.3. The minimum Gasteiger partial charge on any atom is -0.260 e. The summed E-state index contributed by atoms with van der Waals surface area (Å²) < 4.78 is 54.9. The number of nitrogens with zero attached hydrogens (tertiary/aromatic N) is 4. The Morgan fingerprint density at radius 3 is 2.50 bits per heavy atom. The van der Waals surface area contributed by atoms with Crippen molar-refractivity contribution in [1.82, 2.24) is 0 Å². The van der Waals surface area contributed by atoms with Gasteiger partial charge in [-0.15, -0.1) is 0 Å². The van der Waals surface area contributed by atoms with E-state index in [9.17, 15) is 17.2 Å². The molecule has 10 heteroatoms. The Morgan fingerprint density at radius 1 is 1.23 bits per heavy atom. The minimum atomic E-state index is -4.21. The molecule has 0 heterocycles.